The van der Waals surface area contributed by atoms with Gasteiger partial charge in [-0.15, -0.1) is 11.3 Å². The second kappa shape index (κ2) is 4.66. The summed E-state index contributed by atoms with van der Waals surface area (Å²) in [7, 11) is 0. The lowest BCUT2D eigenvalue weighted by molar-refractivity contribution is 0.526. The molecule has 0 aliphatic heterocycles. The van der Waals surface area contributed by atoms with Gasteiger partial charge < -0.3 is 0 Å². The fourth-order valence-corrected chi connectivity index (χ4v) is 2.59. The van der Waals surface area contributed by atoms with Crippen LogP contribution in [-0.4, -0.2) is 0 Å². The second-order valence-electron chi connectivity index (χ2n) is 3.61. The molecule has 0 radical (unpaired) electrons. The minimum absolute atomic E-state index is 0.855. The largest absolute Gasteiger partial charge is 0.146 e. The Morgan fingerprint density at radius 1 is 1.42 bits per heavy atom. The minimum atomic E-state index is 0.855. The van der Waals surface area contributed by atoms with Gasteiger partial charge in [0.05, 0.1) is 0 Å². The average Bonchev–Trinajstić information content (AvgIpc) is 2.36. The first-order chi connectivity index (χ1) is 5.72. The summed E-state index contributed by atoms with van der Waals surface area (Å²) in [6.45, 7) is 6.79. The molecule has 12 heavy (non-hydrogen) atoms. The molecule has 68 valence electrons. The minimum Gasteiger partial charge on any atom is -0.146 e. The molecule has 0 amide bonds. The molecule has 0 saturated carbocycles. The van der Waals surface area contributed by atoms with Crippen LogP contribution in [0.1, 0.15) is 36.4 Å². The first-order valence-corrected chi connectivity index (χ1v) is 5.59. The van der Waals surface area contributed by atoms with Crippen molar-refractivity contribution >= 4 is 11.3 Å². The van der Waals surface area contributed by atoms with E-state index in [9.17, 15) is 0 Å². The van der Waals surface area contributed by atoms with E-state index in [-0.39, 0.29) is 0 Å². The molecule has 0 nitrogen and oxygen atoms in total. The lowest BCUT2D eigenvalue weighted by Gasteiger charge is -2.06. The SMILES string of the molecule is CCCC(C)Cc1ccc(C)s1. The maximum Gasteiger partial charge on any atom is 0.00507 e. The average molecular weight is 182 g/mol. The van der Waals surface area contributed by atoms with Crippen molar-refractivity contribution in [3.63, 3.8) is 0 Å². The predicted molar refractivity (Wildman–Crippen MR) is 56.8 cm³/mol. The van der Waals surface area contributed by atoms with Gasteiger partial charge in [-0.1, -0.05) is 26.7 Å². The molecule has 0 saturated heterocycles. The highest BCUT2D eigenvalue weighted by molar-refractivity contribution is 7.11. The van der Waals surface area contributed by atoms with Gasteiger partial charge in [0.15, 0.2) is 0 Å². The van der Waals surface area contributed by atoms with Gasteiger partial charge in [-0.3, -0.25) is 0 Å². The number of rotatable bonds is 4. The quantitative estimate of drug-likeness (QED) is 0.659. The maximum absolute atomic E-state index is 2.35. The zero-order valence-electron chi connectivity index (χ0n) is 8.26. The lowest BCUT2D eigenvalue weighted by atomic mass is 10.0. The van der Waals surface area contributed by atoms with Crippen LogP contribution in [-0.2, 0) is 6.42 Å². The Morgan fingerprint density at radius 3 is 2.67 bits per heavy atom. The Labute approximate surface area is 79.6 Å². The van der Waals surface area contributed by atoms with Gasteiger partial charge in [-0.25, -0.2) is 0 Å². The molecule has 0 bridgehead atoms. The van der Waals surface area contributed by atoms with Crippen molar-refractivity contribution in [1.29, 1.82) is 0 Å². The number of hydrogen-bond acceptors (Lipinski definition) is 1. The van der Waals surface area contributed by atoms with E-state index in [0.29, 0.717) is 0 Å². The summed E-state index contributed by atoms with van der Waals surface area (Å²) in [4.78, 5) is 2.99. The molecule has 0 N–H and O–H groups in total. The van der Waals surface area contributed by atoms with Gasteiger partial charge >= 0.3 is 0 Å². The summed E-state index contributed by atoms with van der Waals surface area (Å²) in [5, 5.41) is 0. The zero-order chi connectivity index (χ0) is 8.97. The first kappa shape index (κ1) is 9.79. The molecule has 1 aromatic heterocycles. The monoisotopic (exact) mass is 182 g/mol. The fourth-order valence-electron chi connectivity index (χ4n) is 1.53. The van der Waals surface area contributed by atoms with Crippen LogP contribution in [0.5, 0.6) is 0 Å². The van der Waals surface area contributed by atoms with E-state index < -0.39 is 0 Å². The van der Waals surface area contributed by atoms with Gasteiger partial charge in [-0.2, -0.15) is 0 Å². The molecule has 1 heteroatoms. The van der Waals surface area contributed by atoms with Crippen LogP contribution in [0.15, 0.2) is 12.1 Å². The number of hydrogen-bond donors (Lipinski definition) is 0. The summed E-state index contributed by atoms with van der Waals surface area (Å²) < 4.78 is 0. The van der Waals surface area contributed by atoms with E-state index >= 15 is 0 Å². The second-order valence-corrected chi connectivity index (χ2v) is 4.98. The third-order valence-corrected chi connectivity index (χ3v) is 3.15. The summed E-state index contributed by atoms with van der Waals surface area (Å²) in [5.41, 5.74) is 0. The highest BCUT2D eigenvalue weighted by Gasteiger charge is 2.03. The molecule has 1 atom stereocenters. The summed E-state index contributed by atoms with van der Waals surface area (Å²) in [5.74, 6) is 0.855. The molecule has 0 aliphatic rings. The van der Waals surface area contributed by atoms with E-state index in [0.717, 1.165) is 5.92 Å². The third kappa shape index (κ3) is 2.98. The highest BCUT2D eigenvalue weighted by Crippen LogP contribution is 2.20. The van der Waals surface area contributed by atoms with Crippen molar-refractivity contribution < 1.29 is 0 Å². The lowest BCUT2D eigenvalue weighted by Crippen LogP contribution is -1.96. The molecular formula is C11H18S. The molecule has 1 rings (SSSR count). The number of thiophene rings is 1. The normalized spacial score (nSPS) is 13.2. The summed E-state index contributed by atoms with van der Waals surface area (Å²) in [6.07, 6.45) is 3.94. The summed E-state index contributed by atoms with van der Waals surface area (Å²) >= 11 is 1.94. The van der Waals surface area contributed by atoms with E-state index in [4.69, 9.17) is 0 Å². The molecule has 0 fully saturated rings. The van der Waals surface area contributed by atoms with Crippen molar-refractivity contribution in [1.82, 2.24) is 0 Å². The van der Waals surface area contributed by atoms with Crippen molar-refractivity contribution in [2.45, 2.75) is 40.0 Å². The molecular weight excluding hydrogens is 164 g/mol. The van der Waals surface area contributed by atoms with Crippen LogP contribution in [0.25, 0.3) is 0 Å². The Kier molecular flexibility index (Phi) is 3.80. The Hall–Kier alpha value is -0.300. The fraction of sp³-hybridized carbons (Fsp3) is 0.636. The van der Waals surface area contributed by atoms with Gasteiger partial charge in [0, 0.05) is 9.75 Å². The summed E-state index contributed by atoms with van der Waals surface area (Å²) in [6, 6.07) is 4.49. The van der Waals surface area contributed by atoms with Crippen molar-refractivity contribution in [2.24, 2.45) is 5.92 Å². The Balaban J connectivity index is 2.41. The van der Waals surface area contributed by atoms with Gasteiger partial charge in [0.2, 0.25) is 0 Å². The highest BCUT2D eigenvalue weighted by atomic mass is 32.1. The zero-order valence-corrected chi connectivity index (χ0v) is 9.08. The first-order valence-electron chi connectivity index (χ1n) is 4.77. The number of aryl methyl sites for hydroxylation is 1. The topological polar surface area (TPSA) is 0 Å². The Bertz CT molecular complexity index is 225. The molecule has 1 unspecified atom stereocenters. The smallest absolute Gasteiger partial charge is 0.00507 e. The standard InChI is InChI=1S/C11H18S/c1-4-5-9(2)8-11-7-6-10(3)12-11/h6-7,9H,4-5,8H2,1-3H3. The van der Waals surface area contributed by atoms with Gasteiger partial charge in [0.1, 0.15) is 0 Å². The molecule has 0 spiro atoms. The van der Waals surface area contributed by atoms with Crippen molar-refractivity contribution in [3.8, 4) is 0 Å². The van der Waals surface area contributed by atoms with Crippen LogP contribution in [0.4, 0.5) is 0 Å². The maximum atomic E-state index is 2.35. The Morgan fingerprint density at radius 2 is 2.17 bits per heavy atom. The molecule has 1 aromatic rings. The van der Waals surface area contributed by atoms with E-state index in [1.54, 1.807) is 4.88 Å². The van der Waals surface area contributed by atoms with E-state index in [2.05, 4.69) is 32.9 Å². The van der Waals surface area contributed by atoms with Crippen LogP contribution in [0.3, 0.4) is 0 Å². The predicted octanol–water partition coefficient (Wildman–Crippen LogP) is 4.04. The van der Waals surface area contributed by atoms with E-state index in [1.807, 2.05) is 11.3 Å². The van der Waals surface area contributed by atoms with Crippen LogP contribution in [0, 0.1) is 12.8 Å². The van der Waals surface area contributed by atoms with Gasteiger partial charge in [-0.05, 0) is 31.4 Å². The molecule has 0 aliphatic carbocycles. The molecule has 1 heterocycles. The van der Waals surface area contributed by atoms with Crippen molar-refractivity contribution in [2.75, 3.05) is 0 Å². The third-order valence-electron chi connectivity index (χ3n) is 2.13. The van der Waals surface area contributed by atoms with Gasteiger partial charge in [0.25, 0.3) is 0 Å². The molecule has 0 aromatic carbocycles. The van der Waals surface area contributed by atoms with E-state index in [1.165, 1.54) is 24.1 Å². The van der Waals surface area contributed by atoms with Crippen LogP contribution in [0.2, 0.25) is 0 Å². The van der Waals surface area contributed by atoms with Crippen molar-refractivity contribution in [3.05, 3.63) is 21.9 Å². The van der Waals surface area contributed by atoms with Crippen LogP contribution < -0.4 is 0 Å². The van der Waals surface area contributed by atoms with Crippen LogP contribution >= 0.6 is 11.3 Å².